The third kappa shape index (κ3) is 2.40. The van der Waals surface area contributed by atoms with Gasteiger partial charge >= 0.3 is 0 Å². The molecular weight excluding hydrogens is 224 g/mol. The van der Waals surface area contributed by atoms with Crippen molar-refractivity contribution in [3.05, 3.63) is 36.7 Å². The molecule has 2 rings (SSSR count). The lowest BCUT2D eigenvalue weighted by Gasteiger charge is -2.08. The molecule has 96 valence electrons. The lowest BCUT2D eigenvalue weighted by molar-refractivity contribution is 0.415. The van der Waals surface area contributed by atoms with Crippen molar-refractivity contribution in [3.8, 4) is 5.75 Å². The van der Waals surface area contributed by atoms with E-state index < -0.39 is 0 Å². The first-order valence-corrected chi connectivity index (χ1v) is 6.29. The van der Waals surface area contributed by atoms with Gasteiger partial charge in [0.05, 0.1) is 18.1 Å². The molecule has 0 saturated carbocycles. The van der Waals surface area contributed by atoms with Crippen LogP contribution in [0.2, 0.25) is 0 Å². The minimum Gasteiger partial charge on any atom is -0.497 e. The van der Waals surface area contributed by atoms with Crippen molar-refractivity contribution in [3.63, 3.8) is 0 Å². The summed E-state index contributed by atoms with van der Waals surface area (Å²) in [7, 11) is 1.68. The summed E-state index contributed by atoms with van der Waals surface area (Å²) < 4.78 is 7.47. The second-order valence-corrected chi connectivity index (χ2v) is 4.88. The summed E-state index contributed by atoms with van der Waals surface area (Å²) in [5, 5.41) is 0. The van der Waals surface area contributed by atoms with Crippen LogP contribution in [0.4, 0.5) is 0 Å². The van der Waals surface area contributed by atoms with E-state index in [0.717, 1.165) is 35.6 Å². The van der Waals surface area contributed by atoms with E-state index in [4.69, 9.17) is 9.72 Å². The van der Waals surface area contributed by atoms with Gasteiger partial charge in [-0.25, -0.2) is 4.98 Å². The van der Waals surface area contributed by atoms with Crippen molar-refractivity contribution >= 4 is 11.0 Å². The van der Waals surface area contributed by atoms with Crippen LogP contribution in [0.25, 0.3) is 11.0 Å². The van der Waals surface area contributed by atoms with Crippen LogP contribution < -0.4 is 4.74 Å². The van der Waals surface area contributed by atoms with Gasteiger partial charge in [-0.2, -0.15) is 0 Å². The van der Waals surface area contributed by atoms with Crippen LogP contribution in [0.1, 0.15) is 19.7 Å². The highest BCUT2D eigenvalue weighted by molar-refractivity contribution is 5.77. The summed E-state index contributed by atoms with van der Waals surface area (Å²) in [5.74, 6) is 2.56. The zero-order valence-electron chi connectivity index (χ0n) is 11.3. The molecule has 0 aliphatic rings. The molecule has 3 heteroatoms. The molecule has 1 aromatic heterocycles. The molecule has 0 aliphatic carbocycles. The third-order valence-corrected chi connectivity index (χ3v) is 2.94. The van der Waals surface area contributed by atoms with E-state index in [0.29, 0.717) is 5.92 Å². The number of nitrogens with zero attached hydrogens (tertiary/aromatic N) is 2. The van der Waals surface area contributed by atoms with E-state index in [2.05, 4.69) is 31.1 Å². The number of hydrogen-bond acceptors (Lipinski definition) is 2. The fourth-order valence-electron chi connectivity index (χ4n) is 2.14. The van der Waals surface area contributed by atoms with Crippen molar-refractivity contribution < 1.29 is 4.74 Å². The SMILES string of the molecule is C=CCn1c(CC(C)C)nc2cc(OC)ccc21. The quantitative estimate of drug-likeness (QED) is 0.753. The average molecular weight is 244 g/mol. The third-order valence-electron chi connectivity index (χ3n) is 2.94. The Morgan fingerprint density at radius 3 is 2.83 bits per heavy atom. The second kappa shape index (κ2) is 5.25. The predicted molar refractivity (Wildman–Crippen MR) is 75.0 cm³/mol. The van der Waals surface area contributed by atoms with E-state index in [1.165, 1.54) is 0 Å². The van der Waals surface area contributed by atoms with Gasteiger partial charge in [0.15, 0.2) is 0 Å². The lowest BCUT2D eigenvalue weighted by atomic mass is 10.1. The number of imidazole rings is 1. The van der Waals surface area contributed by atoms with Gasteiger partial charge in [-0.15, -0.1) is 6.58 Å². The maximum atomic E-state index is 5.24. The summed E-state index contributed by atoms with van der Waals surface area (Å²) in [6, 6.07) is 6.02. The van der Waals surface area contributed by atoms with Gasteiger partial charge in [-0.3, -0.25) is 0 Å². The summed E-state index contributed by atoms with van der Waals surface area (Å²) in [6.07, 6.45) is 2.89. The molecule has 0 saturated heterocycles. The zero-order chi connectivity index (χ0) is 13.1. The van der Waals surface area contributed by atoms with Crippen LogP contribution in [-0.2, 0) is 13.0 Å². The average Bonchev–Trinajstić information content (AvgIpc) is 2.66. The van der Waals surface area contributed by atoms with Crippen molar-refractivity contribution in [1.82, 2.24) is 9.55 Å². The Hall–Kier alpha value is -1.77. The van der Waals surface area contributed by atoms with E-state index in [-0.39, 0.29) is 0 Å². The first kappa shape index (κ1) is 12.7. The Balaban J connectivity index is 2.54. The molecular formula is C15H20N2O. The Kier molecular flexibility index (Phi) is 3.70. The van der Waals surface area contributed by atoms with E-state index in [1.54, 1.807) is 7.11 Å². The van der Waals surface area contributed by atoms with Gasteiger partial charge in [0.25, 0.3) is 0 Å². The minimum absolute atomic E-state index is 0.590. The van der Waals surface area contributed by atoms with Crippen LogP contribution >= 0.6 is 0 Å². The lowest BCUT2D eigenvalue weighted by Crippen LogP contribution is -2.05. The molecule has 0 spiro atoms. The zero-order valence-corrected chi connectivity index (χ0v) is 11.3. The largest absolute Gasteiger partial charge is 0.497 e. The Morgan fingerprint density at radius 1 is 1.44 bits per heavy atom. The van der Waals surface area contributed by atoms with Crippen LogP contribution in [0, 0.1) is 5.92 Å². The molecule has 18 heavy (non-hydrogen) atoms. The molecule has 0 radical (unpaired) electrons. The summed E-state index contributed by atoms with van der Waals surface area (Å²) >= 11 is 0. The van der Waals surface area contributed by atoms with E-state index >= 15 is 0 Å². The number of benzene rings is 1. The molecule has 1 heterocycles. The Labute approximate surface area is 108 Å². The van der Waals surface area contributed by atoms with Crippen molar-refractivity contribution in [1.29, 1.82) is 0 Å². The number of ether oxygens (including phenoxy) is 1. The van der Waals surface area contributed by atoms with Crippen LogP contribution in [-0.4, -0.2) is 16.7 Å². The molecule has 0 amide bonds. The van der Waals surface area contributed by atoms with E-state index in [1.807, 2.05) is 18.2 Å². The highest BCUT2D eigenvalue weighted by atomic mass is 16.5. The maximum Gasteiger partial charge on any atom is 0.121 e. The normalized spacial score (nSPS) is 11.1. The van der Waals surface area contributed by atoms with Gasteiger partial charge in [0.2, 0.25) is 0 Å². The molecule has 1 aromatic carbocycles. The number of aromatic nitrogens is 2. The molecule has 3 nitrogen and oxygen atoms in total. The highest BCUT2D eigenvalue weighted by Crippen LogP contribution is 2.23. The van der Waals surface area contributed by atoms with Gasteiger partial charge in [-0.1, -0.05) is 19.9 Å². The number of rotatable bonds is 5. The summed E-state index contributed by atoms with van der Waals surface area (Å²) in [6.45, 7) is 9.03. The Bertz CT molecular complexity index is 555. The van der Waals surface area contributed by atoms with E-state index in [9.17, 15) is 0 Å². The van der Waals surface area contributed by atoms with Crippen molar-refractivity contribution in [2.75, 3.05) is 7.11 Å². The maximum absolute atomic E-state index is 5.24. The molecule has 0 bridgehead atoms. The molecule has 0 fully saturated rings. The van der Waals surface area contributed by atoms with Crippen LogP contribution in [0.5, 0.6) is 5.75 Å². The van der Waals surface area contributed by atoms with Gasteiger partial charge < -0.3 is 9.30 Å². The Morgan fingerprint density at radius 2 is 2.22 bits per heavy atom. The second-order valence-electron chi connectivity index (χ2n) is 4.88. The van der Waals surface area contributed by atoms with Gasteiger partial charge in [-0.05, 0) is 18.1 Å². The first-order valence-electron chi connectivity index (χ1n) is 6.29. The molecule has 0 aliphatic heterocycles. The van der Waals surface area contributed by atoms with Crippen LogP contribution in [0.3, 0.4) is 0 Å². The van der Waals surface area contributed by atoms with Gasteiger partial charge in [0.1, 0.15) is 11.6 Å². The van der Waals surface area contributed by atoms with Crippen molar-refractivity contribution in [2.45, 2.75) is 26.8 Å². The topological polar surface area (TPSA) is 27.1 Å². The fraction of sp³-hybridized carbons (Fsp3) is 0.400. The number of methoxy groups -OCH3 is 1. The smallest absolute Gasteiger partial charge is 0.121 e. The monoisotopic (exact) mass is 244 g/mol. The number of fused-ring (bicyclic) bond motifs is 1. The molecule has 0 atom stereocenters. The van der Waals surface area contributed by atoms with Crippen molar-refractivity contribution in [2.24, 2.45) is 5.92 Å². The standard InChI is InChI=1S/C15H20N2O/c1-5-8-17-14-7-6-12(18-4)10-13(14)16-15(17)9-11(2)3/h5-7,10-11H,1,8-9H2,2-4H3. The summed E-state index contributed by atoms with van der Waals surface area (Å²) in [5.41, 5.74) is 2.14. The molecule has 0 N–H and O–H groups in total. The van der Waals surface area contributed by atoms with Gasteiger partial charge in [0, 0.05) is 19.0 Å². The molecule has 2 aromatic rings. The van der Waals surface area contributed by atoms with Crippen LogP contribution in [0.15, 0.2) is 30.9 Å². The first-order chi connectivity index (χ1) is 8.65. The number of hydrogen-bond donors (Lipinski definition) is 0. The number of allylic oxidation sites excluding steroid dienone is 1. The predicted octanol–water partition coefficient (Wildman–Crippen LogP) is 3.43. The molecule has 0 unspecified atom stereocenters. The summed E-state index contributed by atoms with van der Waals surface area (Å²) in [4.78, 5) is 4.72. The fourth-order valence-corrected chi connectivity index (χ4v) is 2.14. The minimum atomic E-state index is 0.590. The highest BCUT2D eigenvalue weighted by Gasteiger charge is 2.11.